The first-order valence-corrected chi connectivity index (χ1v) is 53.9. The van der Waals surface area contributed by atoms with Crippen LogP contribution in [0.1, 0.15) is 0 Å². The largest absolute Gasteiger partial charge is 0.311 e. The number of rotatable bonds is 22. The van der Waals surface area contributed by atoms with E-state index in [4.69, 9.17) is 0 Å². The van der Waals surface area contributed by atoms with Gasteiger partial charge in [-0.1, -0.05) is 473 Å². The fourth-order valence-corrected chi connectivity index (χ4v) is 42.0. The second-order valence-corrected chi connectivity index (χ2v) is 50.0. The van der Waals surface area contributed by atoms with Crippen LogP contribution in [0.25, 0.3) is 21.9 Å². The first-order valence-electron chi connectivity index (χ1n) is 45.9. The van der Waals surface area contributed by atoms with E-state index in [0.717, 1.165) is 73.1 Å². The highest BCUT2D eigenvalue weighted by molar-refractivity contribution is 7.23. The van der Waals surface area contributed by atoms with Gasteiger partial charge in [-0.3, -0.25) is 0 Å². The molecule has 0 fully saturated rings. The Labute approximate surface area is 778 Å². The van der Waals surface area contributed by atoms with E-state index in [9.17, 15) is 0 Å². The molecule has 0 amide bonds. The van der Waals surface area contributed by atoms with Crippen LogP contribution in [0, 0.1) is 0 Å². The lowest BCUT2D eigenvalue weighted by molar-refractivity contribution is 1.26. The van der Waals surface area contributed by atoms with Crippen molar-refractivity contribution in [2.75, 3.05) is 14.7 Å². The SMILES string of the molecule is c1ccc(N(c2ccccc2)c2cccc3cc(-c4cc5c6c(c4)N(c4cc([Si](c7ccccc7)(c7ccccc7)c7ccccc7)cc([Si](c7ccccc7)(c7ccccc7)c7ccccc7)c4)c4ccccc4B6c4ccccc4N5c4cc([Si](c5ccccc5)(c5ccccc5)c5ccccc5)cc([Si](c5ccccc5)(c5ccccc5)c5ccccc5)c4)ccc23)cc1. The zero-order valence-corrected chi connectivity index (χ0v) is 77.0. The Morgan fingerprint density at radius 2 is 0.417 bits per heavy atom. The molecule has 3 nitrogen and oxygen atoms in total. The summed E-state index contributed by atoms with van der Waals surface area (Å²) in [5, 5.41) is 23.1. The van der Waals surface area contributed by atoms with Gasteiger partial charge in [-0.05, 0) is 201 Å². The van der Waals surface area contributed by atoms with Gasteiger partial charge in [0.15, 0.2) is 32.3 Å². The highest BCUT2D eigenvalue weighted by Gasteiger charge is 2.51. The summed E-state index contributed by atoms with van der Waals surface area (Å²) < 4.78 is 0. The van der Waals surface area contributed by atoms with E-state index in [2.05, 4.69) is 573 Å². The molecule has 23 rings (SSSR count). The van der Waals surface area contributed by atoms with Crippen molar-refractivity contribution in [3.05, 3.63) is 558 Å². The molecule has 0 aromatic heterocycles. The summed E-state index contributed by atoms with van der Waals surface area (Å²) >= 11 is 0. The van der Waals surface area contributed by atoms with Crippen molar-refractivity contribution in [1.82, 2.24) is 0 Å². The number of para-hydroxylation sites is 4. The summed E-state index contributed by atoms with van der Waals surface area (Å²) in [7, 11) is -13.8. The number of hydrogen-bond acceptors (Lipinski definition) is 3. The molecule has 2 heterocycles. The third-order valence-electron chi connectivity index (χ3n) is 27.9. The number of benzene rings is 21. The molecule has 0 N–H and O–H groups in total. The maximum atomic E-state index is 2.74. The quantitative estimate of drug-likeness (QED) is 0.0495. The molecule has 0 spiro atoms. The van der Waals surface area contributed by atoms with Gasteiger partial charge in [0.25, 0.3) is 6.71 Å². The van der Waals surface area contributed by atoms with Crippen molar-refractivity contribution in [2.24, 2.45) is 0 Å². The van der Waals surface area contributed by atoms with Crippen LogP contribution in [0.15, 0.2) is 558 Å². The molecule has 2 aliphatic heterocycles. The second kappa shape index (κ2) is 34.7. The average Bonchev–Trinajstić information content (AvgIpc) is 0.685. The Morgan fingerprint density at radius 1 is 0.174 bits per heavy atom. The molecule has 0 saturated heterocycles. The maximum absolute atomic E-state index is 3.46. The maximum Gasteiger partial charge on any atom is 0.252 e. The van der Waals surface area contributed by atoms with Gasteiger partial charge in [0.05, 0.1) is 5.69 Å². The fraction of sp³-hybridized carbons (Fsp3) is 0. The molecule has 622 valence electrons. The molecular formula is C124H92BN3Si4. The Morgan fingerprint density at radius 3 is 0.682 bits per heavy atom. The van der Waals surface area contributed by atoms with Crippen LogP contribution in [0.3, 0.4) is 0 Å². The van der Waals surface area contributed by atoms with Crippen LogP contribution < -0.4 is 114 Å². The number of nitrogens with zero attached hydrogens (tertiary/aromatic N) is 3. The van der Waals surface area contributed by atoms with E-state index in [0.29, 0.717) is 0 Å². The molecule has 21 aromatic rings. The van der Waals surface area contributed by atoms with Crippen LogP contribution in [0.2, 0.25) is 0 Å². The van der Waals surface area contributed by atoms with Gasteiger partial charge < -0.3 is 14.7 Å². The molecule has 132 heavy (non-hydrogen) atoms. The van der Waals surface area contributed by atoms with E-state index >= 15 is 0 Å². The third-order valence-corrected chi connectivity index (χ3v) is 46.9. The molecule has 0 bridgehead atoms. The first kappa shape index (κ1) is 80.8. The van der Waals surface area contributed by atoms with Crippen molar-refractivity contribution in [1.29, 1.82) is 0 Å². The fourth-order valence-electron chi connectivity index (χ4n) is 22.4. The normalized spacial score (nSPS) is 12.3. The highest BCUT2D eigenvalue weighted by Crippen LogP contribution is 2.48. The molecule has 21 aromatic carbocycles. The van der Waals surface area contributed by atoms with Crippen molar-refractivity contribution in [2.45, 2.75) is 0 Å². The number of fused-ring (bicyclic) bond motifs is 5. The smallest absolute Gasteiger partial charge is 0.252 e. The van der Waals surface area contributed by atoms with Gasteiger partial charge in [-0.15, -0.1) is 0 Å². The van der Waals surface area contributed by atoms with E-state index < -0.39 is 32.3 Å². The molecule has 8 heteroatoms. The van der Waals surface area contributed by atoms with E-state index in [1.165, 1.54) is 99.4 Å². The second-order valence-electron chi connectivity index (χ2n) is 34.8. The molecular weight excluding hydrogens is 1650 g/mol. The summed E-state index contributed by atoms with van der Waals surface area (Å²) in [6.07, 6.45) is 0. The summed E-state index contributed by atoms with van der Waals surface area (Å²) in [6.45, 7) is -0.244. The van der Waals surface area contributed by atoms with Crippen LogP contribution in [-0.2, 0) is 0 Å². The minimum absolute atomic E-state index is 0.244. The Balaban J connectivity index is 0.888. The summed E-state index contributed by atoms with van der Waals surface area (Å²) in [5.41, 5.74) is 15.8. The van der Waals surface area contributed by atoms with Crippen molar-refractivity contribution in [3.8, 4) is 11.1 Å². The average molecular weight is 1750 g/mol. The monoisotopic (exact) mass is 1750 g/mol. The van der Waals surface area contributed by atoms with Gasteiger partial charge in [0, 0.05) is 50.9 Å². The molecule has 0 radical (unpaired) electrons. The van der Waals surface area contributed by atoms with Gasteiger partial charge >= 0.3 is 0 Å². The molecule has 0 unspecified atom stereocenters. The van der Waals surface area contributed by atoms with Crippen molar-refractivity contribution < 1.29 is 0 Å². The molecule has 0 aliphatic carbocycles. The minimum Gasteiger partial charge on any atom is -0.311 e. The van der Waals surface area contributed by atoms with Gasteiger partial charge in [-0.2, -0.15) is 0 Å². The van der Waals surface area contributed by atoms with Crippen LogP contribution >= 0.6 is 0 Å². The van der Waals surface area contributed by atoms with E-state index in [1.807, 2.05) is 0 Å². The third kappa shape index (κ3) is 13.5. The molecule has 0 atom stereocenters. The molecule has 0 saturated carbocycles. The van der Waals surface area contributed by atoms with Crippen molar-refractivity contribution in [3.63, 3.8) is 0 Å². The van der Waals surface area contributed by atoms with Gasteiger partial charge in [-0.25, -0.2) is 0 Å². The van der Waals surface area contributed by atoms with Gasteiger partial charge in [0.1, 0.15) is 0 Å². The van der Waals surface area contributed by atoms with Crippen LogP contribution in [0.5, 0.6) is 0 Å². The standard InChI is InChI=1S/C124H92BN3Si4/c1-15-49-96(50-16-1)126(97-51-17-2-18-52-97)119-81-47-48-94-84-93(82-83-116(94)119)95-85-122-124-123(86-95)128(99-89-114(131(106-65-31-9-32-66-106,107-67-33-10-34-68-107)108-69-35-11-36-70-108)92-115(90-99)132(109-71-37-12-38-72-109,110-73-39-13-40-74-110)111-75-41-14-42-76-111)121-80-46-44-78-118(121)125(124)117-77-43-45-79-120(117)127(122)98-87-112(129(100-53-19-3-20-54-100,101-55-21-4-22-56-101)102-57-23-5-24-58-102)91-113(88-98)130(103-59-25-6-26-60-103,104-61-27-7-28-62-104)105-63-29-8-30-64-105/h1-92H. The Kier molecular flexibility index (Phi) is 21.2. The minimum atomic E-state index is -3.46. The zero-order chi connectivity index (χ0) is 87.8. The predicted molar refractivity (Wildman–Crippen MR) is 573 cm³/mol. The Bertz CT molecular complexity index is 6590. The zero-order valence-electron chi connectivity index (χ0n) is 73.0. The molecule has 2 aliphatic rings. The topological polar surface area (TPSA) is 9.72 Å². The number of anilines is 9. The Hall–Kier alpha value is -15.8. The summed E-state index contributed by atoms with van der Waals surface area (Å²) in [6, 6.07) is 215. The van der Waals surface area contributed by atoms with Crippen LogP contribution in [-0.4, -0.2) is 39.0 Å². The van der Waals surface area contributed by atoms with Crippen LogP contribution in [0.4, 0.5) is 51.2 Å². The first-order chi connectivity index (χ1) is 65.5. The lowest BCUT2D eigenvalue weighted by Crippen LogP contribution is -2.78. The van der Waals surface area contributed by atoms with Gasteiger partial charge in [0.2, 0.25) is 0 Å². The van der Waals surface area contributed by atoms with E-state index in [1.54, 1.807) is 0 Å². The number of hydrogen-bond donors (Lipinski definition) is 0. The summed E-state index contributed by atoms with van der Waals surface area (Å²) in [5.74, 6) is 0. The lowest BCUT2D eigenvalue weighted by atomic mass is 9.33. The highest BCUT2D eigenvalue weighted by atomic mass is 28.3. The lowest BCUT2D eigenvalue weighted by Gasteiger charge is -2.46. The summed E-state index contributed by atoms with van der Waals surface area (Å²) in [4.78, 5) is 7.89. The predicted octanol–water partition coefficient (Wildman–Crippen LogP) is 17.6. The van der Waals surface area contributed by atoms with Crippen molar-refractivity contribution >= 4 is 200 Å². The van der Waals surface area contributed by atoms with E-state index in [-0.39, 0.29) is 6.71 Å².